The van der Waals surface area contributed by atoms with E-state index in [2.05, 4.69) is 33.0 Å². The zero-order valence-electron chi connectivity index (χ0n) is 14.3. The van der Waals surface area contributed by atoms with Gasteiger partial charge in [0.05, 0.1) is 5.75 Å². The van der Waals surface area contributed by atoms with E-state index in [0.29, 0.717) is 5.56 Å². The van der Waals surface area contributed by atoms with E-state index >= 15 is 0 Å². The Bertz CT molecular complexity index is 721. The van der Waals surface area contributed by atoms with E-state index in [1.54, 1.807) is 0 Å². The Morgan fingerprint density at radius 3 is 2.26 bits per heavy atom. The van der Waals surface area contributed by atoms with Crippen LogP contribution in [-0.2, 0) is 20.9 Å². The summed E-state index contributed by atoms with van der Waals surface area (Å²) in [6, 6.07) is 5.79. The molecule has 1 aromatic rings. The minimum absolute atomic E-state index is 0.0175. The van der Waals surface area contributed by atoms with Crippen molar-refractivity contribution in [1.29, 1.82) is 0 Å². The highest BCUT2D eigenvalue weighted by Gasteiger charge is 2.37. The molecule has 0 aliphatic heterocycles. The van der Waals surface area contributed by atoms with E-state index in [1.807, 2.05) is 18.2 Å². The number of rotatable bonds is 4. The second-order valence-corrected chi connectivity index (χ2v) is 9.38. The molecule has 0 spiro atoms. The van der Waals surface area contributed by atoms with Crippen LogP contribution in [0.3, 0.4) is 0 Å². The van der Waals surface area contributed by atoms with Gasteiger partial charge in [-0.05, 0) is 46.9 Å². The standard InChI is InChI=1S/C17H26N2O3S/c1-16(2)7-8-17(3,4)14-11-12(5-6-13(14)16)15(20)19-9-10-23(18,21)22/h5-6,11H,7-10H2,1-4H3,(H,19,20)(H2,18,21,22). The number of fused-ring (bicyclic) bond motifs is 1. The maximum atomic E-state index is 12.2. The summed E-state index contributed by atoms with van der Waals surface area (Å²) in [7, 11) is -3.57. The summed E-state index contributed by atoms with van der Waals surface area (Å²) in [4.78, 5) is 12.2. The van der Waals surface area contributed by atoms with Gasteiger partial charge in [-0.2, -0.15) is 0 Å². The van der Waals surface area contributed by atoms with Crippen molar-refractivity contribution in [2.24, 2.45) is 5.14 Å². The molecular formula is C17H26N2O3S. The molecule has 6 heteroatoms. The summed E-state index contributed by atoms with van der Waals surface area (Å²) in [6.07, 6.45) is 2.19. The number of hydrogen-bond acceptors (Lipinski definition) is 3. The van der Waals surface area contributed by atoms with Crippen LogP contribution in [0.15, 0.2) is 18.2 Å². The van der Waals surface area contributed by atoms with Crippen molar-refractivity contribution in [2.75, 3.05) is 12.3 Å². The molecule has 0 atom stereocenters. The molecule has 1 aliphatic rings. The van der Waals surface area contributed by atoms with E-state index < -0.39 is 10.0 Å². The van der Waals surface area contributed by atoms with Crippen molar-refractivity contribution in [3.05, 3.63) is 34.9 Å². The fraction of sp³-hybridized carbons (Fsp3) is 0.588. The van der Waals surface area contributed by atoms with E-state index in [4.69, 9.17) is 5.14 Å². The number of nitrogens with one attached hydrogen (secondary N) is 1. The number of carbonyl (C=O) groups is 1. The van der Waals surface area contributed by atoms with Gasteiger partial charge in [0.25, 0.3) is 5.91 Å². The lowest BCUT2D eigenvalue weighted by atomic mass is 9.63. The van der Waals surface area contributed by atoms with Gasteiger partial charge in [-0.3, -0.25) is 4.79 Å². The Labute approximate surface area is 138 Å². The van der Waals surface area contributed by atoms with Crippen LogP contribution in [0.5, 0.6) is 0 Å². The van der Waals surface area contributed by atoms with E-state index in [9.17, 15) is 13.2 Å². The lowest BCUT2D eigenvalue weighted by Gasteiger charge is -2.42. The number of primary sulfonamides is 1. The van der Waals surface area contributed by atoms with Gasteiger partial charge in [-0.1, -0.05) is 33.8 Å². The predicted octanol–water partition coefficient (Wildman–Crippen LogP) is 2.05. The first-order chi connectivity index (χ1) is 10.4. The molecule has 2 rings (SSSR count). The molecule has 5 nitrogen and oxygen atoms in total. The molecule has 0 heterocycles. The lowest BCUT2D eigenvalue weighted by Crippen LogP contribution is -2.35. The van der Waals surface area contributed by atoms with Gasteiger partial charge >= 0.3 is 0 Å². The third-order valence-corrected chi connectivity index (χ3v) is 5.56. The normalized spacial score (nSPS) is 19.0. The van der Waals surface area contributed by atoms with E-state index in [-0.39, 0.29) is 29.0 Å². The number of hydrogen-bond donors (Lipinski definition) is 2. The summed E-state index contributed by atoms with van der Waals surface area (Å²) >= 11 is 0. The van der Waals surface area contributed by atoms with Gasteiger partial charge < -0.3 is 5.32 Å². The average Bonchev–Trinajstić information content (AvgIpc) is 2.42. The summed E-state index contributed by atoms with van der Waals surface area (Å²) < 4.78 is 21.8. The average molecular weight is 338 g/mol. The first-order valence-corrected chi connectivity index (χ1v) is 9.58. The number of sulfonamides is 1. The van der Waals surface area contributed by atoms with Crippen LogP contribution in [0.1, 0.15) is 62.0 Å². The molecule has 1 amide bonds. The quantitative estimate of drug-likeness (QED) is 0.880. The zero-order valence-corrected chi connectivity index (χ0v) is 15.1. The van der Waals surface area contributed by atoms with Gasteiger partial charge in [0.1, 0.15) is 0 Å². The first-order valence-electron chi connectivity index (χ1n) is 7.86. The predicted molar refractivity (Wildman–Crippen MR) is 92.0 cm³/mol. The van der Waals surface area contributed by atoms with Gasteiger partial charge in [-0.15, -0.1) is 0 Å². The highest BCUT2D eigenvalue weighted by atomic mass is 32.2. The summed E-state index contributed by atoms with van der Waals surface area (Å²) in [6.45, 7) is 8.87. The van der Waals surface area contributed by atoms with Crippen molar-refractivity contribution >= 4 is 15.9 Å². The van der Waals surface area contributed by atoms with Crippen molar-refractivity contribution < 1.29 is 13.2 Å². The van der Waals surface area contributed by atoms with Crippen molar-refractivity contribution in [3.8, 4) is 0 Å². The molecule has 0 saturated heterocycles. The van der Waals surface area contributed by atoms with Crippen LogP contribution in [-0.4, -0.2) is 26.6 Å². The molecule has 0 radical (unpaired) electrons. The first kappa shape index (κ1) is 17.9. The second-order valence-electron chi connectivity index (χ2n) is 7.65. The Morgan fingerprint density at radius 2 is 1.70 bits per heavy atom. The number of amides is 1. The van der Waals surface area contributed by atoms with E-state index in [1.165, 1.54) is 11.1 Å². The molecule has 3 N–H and O–H groups in total. The monoisotopic (exact) mass is 338 g/mol. The largest absolute Gasteiger partial charge is 0.351 e. The molecular weight excluding hydrogens is 312 g/mol. The lowest BCUT2D eigenvalue weighted by molar-refractivity contribution is 0.0956. The van der Waals surface area contributed by atoms with Crippen LogP contribution < -0.4 is 10.5 Å². The molecule has 23 heavy (non-hydrogen) atoms. The molecule has 0 unspecified atom stereocenters. The molecule has 1 aliphatic carbocycles. The molecule has 0 bridgehead atoms. The topological polar surface area (TPSA) is 89.3 Å². The number of carbonyl (C=O) groups excluding carboxylic acids is 1. The maximum absolute atomic E-state index is 12.2. The van der Waals surface area contributed by atoms with Gasteiger partial charge in [0.15, 0.2) is 0 Å². The SMILES string of the molecule is CC1(C)CCC(C)(C)c2cc(C(=O)NCCS(N)(=O)=O)ccc21. The molecule has 0 aromatic heterocycles. The molecule has 0 fully saturated rings. The van der Waals surface area contributed by atoms with Crippen LogP contribution >= 0.6 is 0 Å². The fourth-order valence-corrected chi connectivity index (χ4v) is 3.53. The van der Waals surface area contributed by atoms with E-state index in [0.717, 1.165) is 12.8 Å². The Kier molecular flexibility index (Phi) is 4.61. The smallest absolute Gasteiger partial charge is 0.251 e. The Hall–Kier alpha value is -1.40. The van der Waals surface area contributed by atoms with Crippen LogP contribution in [0.4, 0.5) is 0 Å². The van der Waals surface area contributed by atoms with Crippen molar-refractivity contribution in [2.45, 2.75) is 51.4 Å². The fourth-order valence-electron chi connectivity index (χ4n) is 3.14. The summed E-state index contributed by atoms with van der Waals surface area (Å²) in [5.41, 5.74) is 3.18. The third kappa shape index (κ3) is 4.12. The molecule has 1 aromatic carbocycles. The maximum Gasteiger partial charge on any atom is 0.251 e. The van der Waals surface area contributed by atoms with Crippen LogP contribution in [0.2, 0.25) is 0 Å². The highest BCUT2D eigenvalue weighted by molar-refractivity contribution is 7.89. The number of nitrogens with two attached hydrogens (primary N) is 1. The zero-order chi connectivity index (χ0) is 17.5. The van der Waals surface area contributed by atoms with Crippen molar-refractivity contribution in [1.82, 2.24) is 5.32 Å². The summed E-state index contributed by atoms with van der Waals surface area (Å²) in [5, 5.41) is 7.55. The Morgan fingerprint density at radius 1 is 1.13 bits per heavy atom. The Balaban J connectivity index is 2.24. The van der Waals surface area contributed by atoms with Crippen molar-refractivity contribution in [3.63, 3.8) is 0 Å². The molecule has 128 valence electrons. The minimum Gasteiger partial charge on any atom is -0.351 e. The van der Waals surface area contributed by atoms with Gasteiger partial charge in [0.2, 0.25) is 10.0 Å². The number of benzene rings is 1. The summed E-state index contributed by atoms with van der Waals surface area (Å²) in [5.74, 6) is -0.530. The van der Waals surface area contributed by atoms with Gasteiger partial charge in [0, 0.05) is 12.1 Å². The van der Waals surface area contributed by atoms with Crippen LogP contribution in [0, 0.1) is 0 Å². The minimum atomic E-state index is -3.57. The third-order valence-electron chi connectivity index (χ3n) is 4.79. The second kappa shape index (κ2) is 5.91. The molecule has 0 saturated carbocycles. The van der Waals surface area contributed by atoms with Crippen LogP contribution in [0.25, 0.3) is 0 Å². The highest BCUT2D eigenvalue weighted by Crippen LogP contribution is 2.45. The van der Waals surface area contributed by atoms with Gasteiger partial charge in [-0.25, -0.2) is 13.6 Å².